The molecule has 4 aromatic carbocycles. The highest BCUT2D eigenvalue weighted by molar-refractivity contribution is 5.88. The number of aliphatic carboxylic acids is 1. The van der Waals surface area contributed by atoms with E-state index in [1.165, 1.54) is 23.1 Å². The number of hydrogen-bond donors (Lipinski definition) is 1. The smallest absolute Gasteiger partial charge is 0.326 e. The van der Waals surface area contributed by atoms with Crippen molar-refractivity contribution in [2.75, 3.05) is 0 Å². The van der Waals surface area contributed by atoms with Crippen LogP contribution in [0.15, 0.2) is 97.1 Å². The SMILES string of the molecule is Cc1ccc2c(c1OCc1ccccc1)C[C@@H](C(=O)O)N(C(=O)[C@@H](Oc1ccccc1F)c1ccccc1)C2. The standard InChI is InChI=1S/C32H28FNO5/c1-21-16-17-24-19-34(27(32(36)37)18-25(24)29(21)38-20-22-10-4-2-5-11-22)31(35)30(23-12-6-3-7-13-23)39-28-15-9-8-14-26(28)33/h2-17,27,30H,18-20H2,1H3,(H,36,37)/t27-,30-/m0/s1. The number of halogens is 1. The number of benzene rings is 4. The van der Waals surface area contributed by atoms with Crippen LogP contribution in [0.5, 0.6) is 11.5 Å². The van der Waals surface area contributed by atoms with Crippen LogP contribution >= 0.6 is 0 Å². The van der Waals surface area contributed by atoms with Gasteiger partial charge in [0.15, 0.2) is 11.6 Å². The second-order valence-electron chi connectivity index (χ2n) is 9.49. The van der Waals surface area contributed by atoms with Gasteiger partial charge in [-0.15, -0.1) is 0 Å². The Balaban J connectivity index is 1.48. The first-order chi connectivity index (χ1) is 18.9. The number of hydrogen-bond acceptors (Lipinski definition) is 4. The Morgan fingerprint density at radius 1 is 0.949 bits per heavy atom. The van der Waals surface area contributed by atoms with E-state index in [0.29, 0.717) is 17.9 Å². The number of carbonyl (C=O) groups excluding carboxylic acids is 1. The number of aryl methyl sites for hydroxylation is 1. The molecule has 1 N–H and O–H groups in total. The highest BCUT2D eigenvalue weighted by Gasteiger charge is 2.40. The van der Waals surface area contributed by atoms with Crippen LogP contribution in [-0.4, -0.2) is 27.9 Å². The van der Waals surface area contributed by atoms with Crippen molar-refractivity contribution >= 4 is 11.9 Å². The summed E-state index contributed by atoms with van der Waals surface area (Å²) in [6, 6.07) is 26.9. The van der Waals surface area contributed by atoms with Crippen LogP contribution in [0.1, 0.15) is 33.9 Å². The number of ether oxygens (including phenoxy) is 2. The molecule has 2 atom stereocenters. The molecule has 1 aliphatic heterocycles. The molecule has 5 rings (SSSR count). The van der Waals surface area contributed by atoms with Crippen LogP contribution in [-0.2, 0) is 29.2 Å². The Labute approximate surface area is 226 Å². The highest BCUT2D eigenvalue weighted by Crippen LogP contribution is 2.36. The third-order valence-corrected chi connectivity index (χ3v) is 6.87. The molecule has 39 heavy (non-hydrogen) atoms. The summed E-state index contributed by atoms with van der Waals surface area (Å²) in [5, 5.41) is 10.2. The Kier molecular flexibility index (Phi) is 7.59. The molecule has 0 aromatic heterocycles. The van der Waals surface area contributed by atoms with Gasteiger partial charge in [0.05, 0.1) is 0 Å². The van der Waals surface area contributed by atoms with Crippen molar-refractivity contribution in [1.29, 1.82) is 0 Å². The summed E-state index contributed by atoms with van der Waals surface area (Å²) in [7, 11) is 0. The first-order valence-corrected chi connectivity index (χ1v) is 12.7. The van der Waals surface area contributed by atoms with Crippen LogP contribution in [0.4, 0.5) is 4.39 Å². The topological polar surface area (TPSA) is 76.1 Å². The fourth-order valence-electron chi connectivity index (χ4n) is 4.84. The Bertz CT molecular complexity index is 1470. The van der Waals surface area contributed by atoms with Gasteiger partial charge >= 0.3 is 5.97 Å². The van der Waals surface area contributed by atoms with Gasteiger partial charge in [-0.3, -0.25) is 4.79 Å². The average Bonchev–Trinajstić information content (AvgIpc) is 2.96. The monoisotopic (exact) mass is 525 g/mol. The van der Waals surface area contributed by atoms with Crippen molar-refractivity contribution in [2.45, 2.75) is 38.6 Å². The lowest BCUT2D eigenvalue weighted by Gasteiger charge is -2.37. The molecule has 1 heterocycles. The normalized spacial score (nSPS) is 15.2. The van der Waals surface area contributed by atoms with Crippen molar-refractivity contribution in [2.24, 2.45) is 0 Å². The summed E-state index contributed by atoms with van der Waals surface area (Å²) in [4.78, 5) is 27.8. The van der Waals surface area contributed by atoms with Gasteiger partial charge in [-0.1, -0.05) is 84.9 Å². The fraction of sp³-hybridized carbons (Fsp3) is 0.188. The van der Waals surface area contributed by atoms with Gasteiger partial charge in [-0.2, -0.15) is 0 Å². The number of carboxylic acids is 1. The first kappa shape index (κ1) is 26.0. The Morgan fingerprint density at radius 3 is 2.31 bits per heavy atom. The molecule has 0 bridgehead atoms. The zero-order chi connectivity index (χ0) is 27.4. The minimum atomic E-state index is -1.23. The molecular weight excluding hydrogens is 497 g/mol. The van der Waals surface area contributed by atoms with Crippen molar-refractivity contribution in [1.82, 2.24) is 4.90 Å². The van der Waals surface area contributed by atoms with Gasteiger partial charge < -0.3 is 19.5 Å². The zero-order valence-corrected chi connectivity index (χ0v) is 21.4. The second-order valence-corrected chi connectivity index (χ2v) is 9.49. The maximum absolute atomic E-state index is 14.5. The van der Waals surface area contributed by atoms with Gasteiger partial charge in [0.1, 0.15) is 18.4 Å². The molecular formula is C32H28FNO5. The second kappa shape index (κ2) is 11.4. The largest absolute Gasteiger partial charge is 0.488 e. The van der Waals surface area contributed by atoms with Crippen LogP contribution in [0, 0.1) is 12.7 Å². The molecule has 0 fully saturated rings. The molecule has 198 valence electrons. The Hall–Kier alpha value is -4.65. The van der Waals surface area contributed by atoms with E-state index in [0.717, 1.165) is 22.3 Å². The highest BCUT2D eigenvalue weighted by atomic mass is 19.1. The molecule has 1 aliphatic rings. The maximum Gasteiger partial charge on any atom is 0.326 e. The predicted octanol–water partition coefficient (Wildman–Crippen LogP) is 5.87. The summed E-state index contributed by atoms with van der Waals surface area (Å²) in [5.74, 6) is -1.76. The molecule has 0 spiro atoms. The van der Waals surface area contributed by atoms with E-state index in [2.05, 4.69) is 0 Å². The number of amides is 1. The van der Waals surface area contributed by atoms with Gasteiger partial charge in [0.2, 0.25) is 6.10 Å². The van der Waals surface area contributed by atoms with E-state index in [9.17, 15) is 19.1 Å². The zero-order valence-electron chi connectivity index (χ0n) is 21.4. The molecule has 6 nitrogen and oxygen atoms in total. The maximum atomic E-state index is 14.5. The van der Waals surface area contributed by atoms with Crippen molar-refractivity contribution in [3.05, 3.63) is 131 Å². The molecule has 0 saturated heterocycles. The minimum absolute atomic E-state index is 0.0527. The lowest BCUT2D eigenvalue weighted by molar-refractivity contribution is -0.155. The summed E-state index contributed by atoms with van der Waals surface area (Å²) < 4.78 is 26.6. The fourth-order valence-corrected chi connectivity index (χ4v) is 4.84. The summed E-state index contributed by atoms with van der Waals surface area (Å²) >= 11 is 0. The van der Waals surface area contributed by atoms with E-state index < -0.39 is 29.8 Å². The number of nitrogens with zero attached hydrogens (tertiary/aromatic N) is 1. The summed E-state index contributed by atoms with van der Waals surface area (Å²) in [5.41, 5.74) is 3.95. The third-order valence-electron chi connectivity index (χ3n) is 6.87. The average molecular weight is 526 g/mol. The third kappa shape index (κ3) is 5.62. The molecule has 0 radical (unpaired) electrons. The summed E-state index contributed by atoms with van der Waals surface area (Å²) in [6.07, 6.45) is -1.16. The van der Waals surface area contributed by atoms with Gasteiger partial charge in [0, 0.05) is 24.1 Å². The Morgan fingerprint density at radius 2 is 1.62 bits per heavy atom. The van der Waals surface area contributed by atoms with Crippen molar-refractivity contribution in [3.63, 3.8) is 0 Å². The van der Waals surface area contributed by atoms with Crippen LogP contribution < -0.4 is 9.47 Å². The van der Waals surface area contributed by atoms with Crippen molar-refractivity contribution < 1.29 is 28.6 Å². The number of rotatable bonds is 8. The van der Waals surface area contributed by atoms with Gasteiger partial charge in [0.25, 0.3) is 5.91 Å². The lowest BCUT2D eigenvalue weighted by Crippen LogP contribution is -2.51. The van der Waals surface area contributed by atoms with Gasteiger partial charge in [-0.05, 0) is 35.7 Å². The van der Waals surface area contributed by atoms with Gasteiger partial charge in [-0.25, -0.2) is 9.18 Å². The van der Waals surface area contributed by atoms with Crippen LogP contribution in [0.2, 0.25) is 0 Å². The number of fused-ring (bicyclic) bond motifs is 1. The molecule has 0 unspecified atom stereocenters. The number of carboxylic acid groups (broad SMARTS) is 1. The predicted molar refractivity (Wildman–Crippen MR) is 144 cm³/mol. The quantitative estimate of drug-likeness (QED) is 0.311. The molecule has 4 aromatic rings. The van der Waals surface area contributed by atoms with E-state index in [-0.39, 0.29) is 18.7 Å². The van der Waals surface area contributed by atoms with Crippen LogP contribution in [0.3, 0.4) is 0 Å². The first-order valence-electron chi connectivity index (χ1n) is 12.7. The molecule has 0 aliphatic carbocycles. The van der Waals surface area contributed by atoms with E-state index in [1.54, 1.807) is 36.4 Å². The van der Waals surface area contributed by atoms with E-state index >= 15 is 0 Å². The number of carbonyl (C=O) groups is 2. The molecule has 0 saturated carbocycles. The molecule has 7 heteroatoms. The van der Waals surface area contributed by atoms with E-state index in [4.69, 9.17) is 9.47 Å². The summed E-state index contributed by atoms with van der Waals surface area (Å²) in [6.45, 7) is 2.31. The van der Waals surface area contributed by atoms with E-state index in [1.807, 2.05) is 49.4 Å². The molecule has 1 amide bonds. The van der Waals surface area contributed by atoms with Crippen LogP contribution in [0.25, 0.3) is 0 Å². The number of para-hydroxylation sites is 1. The van der Waals surface area contributed by atoms with Crippen molar-refractivity contribution in [3.8, 4) is 11.5 Å². The minimum Gasteiger partial charge on any atom is -0.488 e. The lowest BCUT2D eigenvalue weighted by atomic mass is 9.90.